The van der Waals surface area contributed by atoms with Crippen LogP contribution in [0.3, 0.4) is 0 Å². The summed E-state index contributed by atoms with van der Waals surface area (Å²) in [5.41, 5.74) is 1.77. The topological polar surface area (TPSA) is 97.3 Å². The maximum absolute atomic E-state index is 10.5. The predicted octanol–water partition coefficient (Wildman–Crippen LogP) is 1.11. The number of imidazole rings is 1. The Hall–Kier alpha value is -2.35. The van der Waals surface area contributed by atoms with E-state index < -0.39 is 0 Å². The van der Waals surface area contributed by atoms with Crippen molar-refractivity contribution in [2.75, 3.05) is 0 Å². The fourth-order valence-corrected chi connectivity index (χ4v) is 2.08. The van der Waals surface area contributed by atoms with Crippen LogP contribution < -0.4 is 0 Å². The van der Waals surface area contributed by atoms with Crippen molar-refractivity contribution in [3.8, 4) is 0 Å². The molecule has 0 aromatic carbocycles. The molecule has 0 unspecified atom stereocenters. The zero-order valence-corrected chi connectivity index (χ0v) is 9.76. The lowest BCUT2D eigenvalue weighted by atomic mass is 10.4. The Kier molecular flexibility index (Phi) is 2.69. The van der Waals surface area contributed by atoms with E-state index in [-0.39, 0.29) is 0 Å². The average Bonchev–Trinajstić information content (AvgIpc) is 2.89. The summed E-state index contributed by atoms with van der Waals surface area (Å²) in [5, 5.41) is 1.20. The Morgan fingerprint density at radius 1 is 1.11 bits per heavy atom. The third-order valence-electron chi connectivity index (χ3n) is 2.16. The van der Waals surface area contributed by atoms with Crippen molar-refractivity contribution >= 4 is 29.2 Å². The highest BCUT2D eigenvalue weighted by atomic mass is 32.2. The number of hydrogen-bond acceptors (Lipinski definition) is 7. The van der Waals surface area contributed by atoms with E-state index in [1.807, 2.05) is 0 Å². The van der Waals surface area contributed by atoms with E-state index in [1.54, 1.807) is 6.33 Å². The van der Waals surface area contributed by atoms with Crippen LogP contribution in [0.2, 0.25) is 0 Å². The van der Waals surface area contributed by atoms with Gasteiger partial charge in [0.25, 0.3) is 0 Å². The van der Waals surface area contributed by atoms with Gasteiger partial charge in [-0.2, -0.15) is 0 Å². The fraction of sp³-hybridized carbons (Fsp3) is 0. The molecule has 1 N–H and O–H groups in total. The van der Waals surface area contributed by atoms with Gasteiger partial charge in [-0.05, 0) is 11.8 Å². The number of nitrogens with zero attached hydrogens (tertiary/aromatic N) is 5. The zero-order chi connectivity index (χ0) is 12.4. The van der Waals surface area contributed by atoms with Crippen LogP contribution in [-0.2, 0) is 0 Å². The minimum absolute atomic E-state index is 0.439. The summed E-state index contributed by atoms with van der Waals surface area (Å²) in [5.74, 6) is 0. The first-order valence-electron chi connectivity index (χ1n) is 4.96. The number of hydrogen-bond donors (Lipinski definition) is 1. The third-order valence-corrected chi connectivity index (χ3v) is 3.06. The first-order valence-corrected chi connectivity index (χ1v) is 5.77. The second kappa shape index (κ2) is 4.49. The molecule has 0 saturated carbocycles. The largest absolute Gasteiger partial charge is 0.341 e. The van der Waals surface area contributed by atoms with Crippen LogP contribution in [0.15, 0.2) is 35.2 Å². The van der Waals surface area contributed by atoms with Crippen LogP contribution in [0.1, 0.15) is 10.4 Å². The summed E-state index contributed by atoms with van der Waals surface area (Å²) in [6, 6.07) is 0. The Bertz CT molecular complexity index is 695. The van der Waals surface area contributed by atoms with Crippen molar-refractivity contribution in [2.24, 2.45) is 0 Å². The molecule has 0 amide bonds. The van der Waals surface area contributed by atoms with Gasteiger partial charge in [0, 0.05) is 12.4 Å². The molecular formula is C10H6N6OS. The molecule has 3 aromatic heterocycles. The lowest BCUT2D eigenvalue weighted by Crippen LogP contribution is -1.91. The molecule has 7 nitrogen and oxygen atoms in total. The minimum Gasteiger partial charge on any atom is -0.341 e. The van der Waals surface area contributed by atoms with Gasteiger partial charge in [-0.1, -0.05) is 0 Å². The number of aromatic amines is 1. The molecule has 8 heteroatoms. The second-order valence-electron chi connectivity index (χ2n) is 3.30. The lowest BCUT2D eigenvalue weighted by molar-refractivity contribution is 0.112. The number of rotatable bonds is 3. The quantitative estimate of drug-likeness (QED) is 0.427. The number of carbonyl (C=O) groups excluding carboxylic acids is 1. The maximum Gasteiger partial charge on any atom is 0.193 e. The van der Waals surface area contributed by atoms with Crippen molar-refractivity contribution in [1.29, 1.82) is 0 Å². The summed E-state index contributed by atoms with van der Waals surface area (Å²) in [6.45, 7) is 0. The second-order valence-corrected chi connectivity index (χ2v) is 4.25. The molecule has 3 heterocycles. The molecule has 0 fully saturated rings. The minimum atomic E-state index is 0.439. The van der Waals surface area contributed by atoms with Crippen molar-refractivity contribution < 1.29 is 4.79 Å². The summed E-state index contributed by atoms with van der Waals surface area (Å²) in [6.07, 6.45) is 6.62. The third kappa shape index (κ3) is 1.93. The first kappa shape index (κ1) is 10.8. The van der Waals surface area contributed by atoms with Crippen LogP contribution in [0.4, 0.5) is 0 Å². The highest BCUT2D eigenvalue weighted by Gasteiger charge is 2.09. The van der Waals surface area contributed by atoms with Crippen LogP contribution >= 0.6 is 11.8 Å². The monoisotopic (exact) mass is 258 g/mol. The standard InChI is InChI=1S/C10H6N6OS/c17-3-6-1-11-10(12-2-6)18-9-7-8(14-4-13-7)15-5-16-9/h1-5H,(H,13,14,15,16). The van der Waals surface area contributed by atoms with Gasteiger partial charge in [0.15, 0.2) is 17.1 Å². The highest BCUT2D eigenvalue weighted by Crippen LogP contribution is 2.26. The summed E-state index contributed by atoms with van der Waals surface area (Å²) in [4.78, 5) is 33.8. The van der Waals surface area contributed by atoms with Crippen molar-refractivity contribution in [3.63, 3.8) is 0 Å². The number of nitrogens with one attached hydrogen (secondary N) is 1. The SMILES string of the molecule is O=Cc1cnc(Sc2ncnc3nc[nH]c23)nc1. The fourth-order valence-electron chi connectivity index (χ4n) is 1.35. The van der Waals surface area contributed by atoms with Gasteiger partial charge in [-0.3, -0.25) is 4.79 Å². The van der Waals surface area contributed by atoms with E-state index in [9.17, 15) is 4.79 Å². The number of H-pyrrole nitrogens is 1. The normalized spacial score (nSPS) is 10.7. The molecule has 3 aromatic rings. The lowest BCUT2D eigenvalue weighted by Gasteiger charge is -1.99. The molecule has 3 rings (SSSR count). The number of fused-ring (bicyclic) bond motifs is 1. The van der Waals surface area contributed by atoms with E-state index in [0.717, 1.165) is 5.52 Å². The molecule has 0 bridgehead atoms. The zero-order valence-electron chi connectivity index (χ0n) is 8.94. The van der Waals surface area contributed by atoms with Crippen molar-refractivity contribution in [1.82, 2.24) is 29.9 Å². The molecule has 0 radical (unpaired) electrons. The Labute approximate surface area is 105 Å². The molecule has 0 aliphatic carbocycles. The van der Waals surface area contributed by atoms with Crippen LogP contribution in [0.25, 0.3) is 11.2 Å². The van der Waals surface area contributed by atoms with E-state index in [0.29, 0.717) is 27.7 Å². The van der Waals surface area contributed by atoms with Gasteiger partial charge >= 0.3 is 0 Å². The first-order chi connectivity index (χ1) is 8.86. The van der Waals surface area contributed by atoms with Gasteiger partial charge in [0.2, 0.25) is 0 Å². The molecule has 0 aliphatic heterocycles. The van der Waals surface area contributed by atoms with E-state index in [2.05, 4.69) is 29.9 Å². The van der Waals surface area contributed by atoms with Crippen molar-refractivity contribution in [3.05, 3.63) is 30.6 Å². The highest BCUT2D eigenvalue weighted by molar-refractivity contribution is 7.99. The molecular weight excluding hydrogens is 252 g/mol. The van der Waals surface area contributed by atoms with Crippen LogP contribution in [-0.4, -0.2) is 36.2 Å². The summed E-state index contributed by atoms with van der Waals surface area (Å²) >= 11 is 1.28. The van der Waals surface area contributed by atoms with Gasteiger partial charge in [0.05, 0.1) is 11.9 Å². The summed E-state index contributed by atoms with van der Waals surface area (Å²) < 4.78 is 0. The number of aldehydes is 1. The van der Waals surface area contributed by atoms with Crippen molar-refractivity contribution in [2.45, 2.75) is 10.2 Å². The molecule has 18 heavy (non-hydrogen) atoms. The van der Waals surface area contributed by atoms with Crippen LogP contribution in [0, 0.1) is 0 Å². The van der Waals surface area contributed by atoms with Gasteiger partial charge in [0.1, 0.15) is 16.9 Å². The van der Waals surface area contributed by atoms with E-state index >= 15 is 0 Å². The van der Waals surface area contributed by atoms with Gasteiger partial charge in [-0.15, -0.1) is 0 Å². The Morgan fingerprint density at radius 2 is 1.94 bits per heavy atom. The van der Waals surface area contributed by atoms with Crippen LogP contribution in [0.5, 0.6) is 0 Å². The smallest absolute Gasteiger partial charge is 0.193 e. The molecule has 0 spiro atoms. The van der Waals surface area contributed by atoms with Gasteiger partial charge in [-0.25, -0.2) is 24.9 Å². The Morgan fingerprint density at radius 3 is 2.72 bits per heavy atom. The Balaban J connectivity index is 1.95. The van der Waals surface area contributed by atoms with E-state index in [4.69, 9.17) is 0 Å². The molecule has 0 saturated heterocycles. The van der Waals surface area contributed by atoms with Gasteiger partial charge < -0.3 is 4.98 Å². The molecule has 0 aliphatic rings. The molecule has 0 atom stereocenters. The average molecular weight is 258 g/mol. The summed E-state index contributed by atoms with van der Waals surface area (Å²) in [7, 11) is 0. The van der Waals surface area contributed by atoms with E-state index in [1.165, 1.54) is 30.5 Å². The maximum atomic E-state index is 10.5. The number of carbonyl (C=O) groups is 1. The number of aromatic nitrogens is 6. The predicted molar refractivity (Wildman–Crippen MR) is 63.2 cm³/mol. The molecule has 88 valence electrons.